The van der Waals surface area contributed by atoms with E-state index in [0.717, 1.165) is 0 Å². The van der Waals surface area contributed by atoms with E-state index in [2.05, 4.69) is 4.18 Å². The van der Waals surface area contributed by atoms with Crippen LogP contribution in [0.5, 0.6) is 0 Å². The molecule has 0 bridgehead atoms. The fraction of sp³-hybridized carbons (Fsp3) is 1.00. The fourth-order valence-electron chi connectivity index (χ4n) is 0.292. The van der Waals surface area contributed by atoms with E-state index in [4.69, 9.17) is 0 Å². The van der Waals surface area contributed by atoms with E-state index in [-0.39, 0.29) is 6.23 Å². The summed E-state index contributed by atoms with van der Waals surface area (Å²) < 4.78 is 59.0. The summed E-state index contributed by atoms with van der Waals surface area (Å²) in [6.07, 6.45) is -0.318. The fourth-order valence-corrected chi connectivity index (χ4v) is 2.23. The van der Waals surface area contributed by atoms with Crippen molar-refractivity contribution in [3.05, 3.63) is 0 Å². The van der Waals surface area contributed by atoms with Gasteiger partial charge in [-0.25, -0.2) is 0 Å². The van der Waals surface area contributed by atoms with E-state index >= 15 is 0 Å². The number of halogens is 3. The van der Waals surface area contributed by atoms with Crippen molar-refractivity contribution in [2.24, 2.45) is 0 Å². The number of alkyl halides is 3. The summed E-state index contributed by atoms with van der Waals surface area (Å²) in [4.78, 5) is 0. The van der Waals surface area contributed by atoms with Crippen molar-refractivity contribution < 1.29 is 25.8 Å². The summed E-state index contributed by atoms with van der Waals surface area (Å²) in [5.74, 6) is 0. The third-order valence-corrected chi connectivity index (χ3v) is 2.93. The third kappa shape index (κ3) is 3.54. The average Bonchev–Trinajstić information content (AvgIpc) is 1.81. The zero-order valence-corrected chi connectivity index (χ0v) is 8.52. The zero-order valence-electron chi connectivity index (χ0n) is 6.55. The van der Waals surface area contributed by atoms with Gasteiger partial charge in [-0.3, -0.25) is 4.18 Å². The number of rotatable bonds is 3. The van der Waals surface area contributed by atoms with Gasteiger partial charge in [0.15, 0.2) is 0 Å². The molecule has 0 aliphatic heterocycles. The summed E-state index contributed by atoms with van der Waals surface area (Å²) in [6, 6.07) is 0. The van der Waals surface area contributed by atoms with Crippen LogP contribution in [0, 0.1) is 0 Å². The first kappa shape index (κ1) is 11.9. The van der Waals surface area contributed by atoms with Crippen LogP contribution in [0.15, 0.2) is 0 Å². The van der Waals surface area contributed by atoms with Crippen molar-refractivity contribution in [1.82, 2.24) is 0 Å². The van der Waals surface area contributed by atoms with Crippen LogP contribution in [-0.2, 0) is 14.3 Å². The van der Waals surface area contributed by atoms with Crippen LogP contribution in [0.25, 0.3) is 0 Å². The number of hydrogen-bond donors (Lipinski definition) is 0. The highest BCUT2D eigenvalue weighted by molar-refractivity contribution is 7.87. The topological polar surface area (TPSA) is 43.4 Å². The molecule has 0 unspecified atom stereocenters. The van der Waals surface area contributed by atoms with Gasteiger partial charge in [-0.15, -0.1) is 0 Å². The van der Waals surface area contributed by atoms with Crippen LogP contribution in [-0.4, -0.2) is 29.0 Å². The summed E-state index contributed by atoms with van der Waals surface area (Å²) in [5.41, 5.74) is -5.30. The van der Waals surface area contributed by atoms with Gasteiger partial charge in [-0.05, 0) is 0 Å². The molecule has 0 rings (SSSR count). The lowest BCUT2D eigenvalue weighted by Crippen LogP contribution is -2.28. The lowest BCUT2D eigenvalue weighted by molar-refractivity contribution is -0.0531. The molecule has 0 saturated carbocycles. The Morgan fingerprint density at radius 3 is 2.00 bits per heavy atom. The molecule has 0 aromatic heterocycles. The van der Waals surface area contributed by atoms with Crippen LogP contribution in [0.4, 0.5) is 13.2 Å². The zero-order chi connectivity index (χ0) is 9.99. The maximum absolute atomic E-state index is 11.6. The minimum atomic E-state index is -5.36. The van der Waals surface area contributed by atoms with Crippen LogP contribution in [0.1, 0.15) is 0 Å². The molecule has 0 aromatic rings. The second-order valence-corrected chi connectivity index (χ2v) is 7.31. The SMILES string of the molecule is C[SiH](C)COS(=O)(=O)C(F)(F)F. The highest BCUT2D eigenvalue weighted by atomic mass is 32.2. The normalized spacial score (nSPS) is 13.8. The van der Waals surface area contributed by atoms with Gasteiger partial charge in [-0.1, -0.05) is 13.1 Å². The first-order valence-corrected chi connectivity index (χ1v) is 7.66. The van der Waals surface area contributed by atoms with Crippen molar-refractivity contribution in [1.29, 1.82) is 0 Å². The second-order valence-electron chi connectivity index (χ2n) is 2.58. The van der Waals surface area contributed by atoms with E-state index in [1.807, 2.05) is 0 Å². The molecule has 0 saturated heterocycles. The molecule has 0 heterocycles. The molecular weight excluding hydrogens is 213 g/mol. The Morgan fingerprint density at radius 2 is 1.75 bits per heavy atom. The molecule has 0 atom stereocenters. The molecule has 8 heteroatoms. The highest BCUT2D eigenvalue weighted by Gasteiger charge is 2.47. The van der Waals surface area contributed by atoms with E-state index in [9.17, 15) is 21.6 Å². The molecule has 74 valence electrons. The largest absolute Gasteiger partial charge is 0.523 e. The maximum atomic E-state index is 11.6. The highest BCUT2D eigenvalue weighted by Crippen LogP contribution is 2.24. The second kappa shape index (κ2) is 3.75. The first-order chi connectivity index (χ1) is 5.17. The smallest absolute Gasteiger partial charge is 0.267 e. The summed E-state index contributed by atoms with van der Waals surface area (Å²) in [5, 5.41) is 0. The Balaban J connectivity index is 4.27. The minimum Gasteiger partial charge on any atom is -0.267 e. The standard InChI is InChI=1S/C4H9F3O3SSi/c1-12(2)3-10-11(8,9)4(5,6)7/h12H,3H2,1-2H3. The van der Waals surface area contributed by atoms with Crippen LogP contribution >= 0.6 is 0 Å². The molecule has 0 radical (unpaired) electrons. The monoisotopic (exact) mass is 222 g/mol. The van der Waals surface area contributed by atoms with Gasteiger partial charge in [0.25, 0.3) is 0 Å². The molecular formula is C4H9F3O3SSi. The Kier molecular flexibility index (Phi) is 3.73. The Bertz CT molecular complexity index is 232. The Labute approximate surface area is 70.3 Å². The molecule has 0 fully saturated rings. The van der Waals surface area contributed by atoms with Crippen molar-refractivity contribution in [3.8, 4) is 0 Å². The van der Waals surface area contributed by atoms with Gasteiger partial charge in [0.05, 0.1) is 15.0 Å². The van der Waals surface area contributed by atoms with Crippen molar-refractivity contribution in [2.75, 3.05) is 6.23 Å². The van der Waals surface area contributed by atoms with Gasteiger partial charge < -0.3 is 0 Å². The molecule has 0 amide bonds. The van der Waals surface area contributed by atoms with E-state index < -0.39 is 24.4 Å². The Hall–Kier alpha value is -0.0831. The minimum absolute atomic E-state index is 0.318. The van der Waals surface area contributed by atoms with Gasteiger partial charge in [0.1, 0.15) is 0 Å². The summed E-state index contributed by atoms with van der Waals surface area (Å²) in [6.45, 7) is 3.37. The van der Waals surface area contributed by atoms with Crippen LogP contribution in [0.3, 0.4) is 0 Å². The molecule has 0 aromatic carbocycles. The average molecular weight is 222 g/mol. The van der Waals surface area contributed by atoms with E-state index in [1.165, 1.54) is 0 Å². The van der Waals surface area contributed by atoms with Gasteiger partial charge in [0.2, 0.25) is 0 Å². The van der Waals surface area contributed by atoms with Crippen LogP contribution < -0.4 is 0 Å². The summed E-state index contributed by atoms with van der Waals surface area (Å²) >= 11 is 0. The molecule has 12 heavy (non-hydrogen) atoms. The van der Waals surface area contributed by atoms with Gasteiger partial charge in [0, 0.05) is 0 Å². The van der Waals surface area contributed by atoms with Crippen LogP contribution in [0.2, 0.25) is 13.1 Å². The van der Waals surface area contributed by atoms with E-state index in [1.54, 1.807) is 13.1 Å². The predicted molar refractivity (Wildman–Crippen MR) is 39.8 cm³/mol. The van der Waals surface area contributed by atoms with Gasteiger partial charge in [-0.2, -0.15) is 21.6 Å². The van der Waals surface area contributed by atoms with Crippen molar-refractivity contribution in [2.45, 2.75) is 18.6 Å². The lowest BCUT2D eigenvalue weighted by atomic mass is 11.6. The van der Waals surface area contributed by atoms with Crippen molar-refractivity contribution >= 4 is 18.9 Å². The summed E-state index contributed by atoms with van der Waals surface area (Å²) in [7, 11) is -6.80. The van der Waals surface area contributed by atoms with Crippen molar-refractivity contribution in [3.63, 3.8) is 0 Å². The molecule has 0 spiro atoms. The molecule has 0 N–H and O–H groups in total. The predicted octanol–water partition coefficient (Wildman–Crippen LogP) is 0.879. The third-order valence-electron chi connectivity index (χ3n) is 0.840. The van der Waals surface area contributed by atoms with E-state index in [0.29, 0.717) is 0 Å². The van der Waals surface area contributed by atoms with Gasteiger partial charge >= 0.3 is 15.6 Å². The molecule has 0 aliphatic carbocycles. The maximum Gasteiger partial charge on any atom is 0.523 e. The Morgan fingerprint density at radius 1 is 1.33 bits per heavy atom. The quantitative estimate of drug-likeness (QED) is 0.404. The molecule has 0 aliphatic rings. The number of hydrogen-bond acceptors (Lipinski definition) is 3. The molecule has 3 nitrogen and oxygen atoms in total. The first-order valence-electron chi connectivity index (χ1n) is 3.12. The lowest BCUT2D eigenvalue weighted by Gasteiger charge is -2.08.